The molecule has 0 aliphatic carbocycles. The molecular formula is C12H21N3S. The Morgan fingerprint density at radius 2 is 2.56 bits per heavy atom. The van der Waals surface area contributed by atoms with Crippen molar-refractivity contribution in [3.63, 3.8) is 0 Å². The van der Waals surface area contributed by atoms with E-state index in [0.717, 1.165) is 12.6 Å². The topological polar surface area (TPSA) is 37.0 Å². The normalized spacial score (nSPS) is 23.2. The third-order valence-electron chi connectivity index (χ3n) is 3.16. The number of thiazole rings is 1. The average molecular weight is 239 g/mol. The Hall–Kier alpha value is -0.450. The molecule has 1 saturated heterocycles. The maximum atomic E-state index is 4.08. The molecular weight excluding hydrogens is 218 g/mol. The van der Waals surface area contributed by atoms with Gasteiger partial charge in [0.15, 0.2) is 0 Å². The SMILES string of the molecule is CC(CC1CCCCN1)NCc1cncs1. The van der Waals surface area contributed by atoms with E-state index < -0.39 is 0 Å². The predicted molar refractivity (Wildman–Crippen MR) is 68.7 cm³/mol. The summed E-state index contributed by atoms with van der Waals surface area (Å²) in [5.74, 6) is 0. The number of aromatic nitrogens is 1. The van der Waals surface area contributed by atoms with Gasteiger partial charge in [0.05, 0.1) is 5.51 Å². The third-order valence-corrected chi connectivity index (χ3v) is 3.94. The highest BCUT2D eigenvalue weighted by atomic mass is 32.1. The summed E-state index contributed by atoms with van der Waals surface area (Å²) in [4.78, 5) is 5.40. The van der Waals surface area contributed by atoms with Crippen molar-refractivity contribution in [3.05, 3.63) is 16.6 Å². The Morgan fingerprint density at radius 1 is 1.62 bits per heavy atom. The first-order chi connectivity index (χ1) is 7.84. The van der Waals surface area contributed by atoms with Gasteiger partial charge in [-0.25, -0.2) is 0 Å². The fourth-order valence-corrected chi connectivity index (χ4v) is 2.79. The maximum absolute atomic E-state index is 4.08. The monoisotopic (exact) mass is 239 g/mol. The fraction of sp³-hybridized carbons (Fsp3) is 0.750. The van der Waals surface area contributed by atoms with Crippen molar-refractivity contribution in [2.75, 3.05) is 6.54 Å². The van der Waals surface area contributed by atoms with Crippen LogP contribution in [0.3, 0.4) is 0 Å². The standard InChI is InChI=1S/C12H21N3S/c1-10(6-11-4-2-3-5-14-11)15-8-12-7-13-9-16-12/h7,9-11,14-15H,2-6,8H2,1H3. The van der Waals surface area contributed by atoms with Gasteiger partial charge in [0.2, 0.25) is 0 Å². The van der Waals surface area contributed by atoms with E-state index in [9.17, 15) is 0 Å². The molecule has 0 aromatic carbocycles. The lowest BCUT2D eigenvalue weighted by atomic mass is 9.99. The van der Waals surface area contributed by atoms with Crippen molar-refractivity contribution in [1.82, 2.24) is 15.6 Å². The zero-order valence-electron chi connectivity index (χ0n) is 9.91. The number of hydrogen-bond acceptors (Lipinski definition) is 4. The second-order valence-corrected chi connectivity index (χ2v) is 5.60. The molecule has 3 nitrogen and oxygen atoms in total. The zero-order valence-corrected chi connectivity index (χ0v) is 10.7. The van der Waals surface area contributed by atoms with Crippen LogP contribution in [0.4, 0.5) is 0 Å². The highest BCUT2D eigenvalue weighted by Crippen LogP contribution is 2.12. The van der Waals surface area contributed by atoms with E-state index in [1.54, 1.807) is 11.3 Å². The lowest BCUT2D eigenvalue weighted by Gasteiger charge is -2.26. The summed E-state index contributed by atoms with van der Waals surface area (Å²) in [6.07, 6.45) is 7.26. The smallest absolute Gasteiger partial charge is 0.0794 e. The Kier molecular flexibility index (Phi) is 4.75. The van der Waals surface area contributed by atoms with E-state index in [1.165, 1.54) is 37.1 Å². The molecule has 2 rings (SSSR count). The molecule has 1 aliphatic heterocycles. The van der Waals surface area contributed by atoms with E-state index in [2.05, 4.69) is 22.5 Å². The lowest BCUT2D eigenvalue weighted by molar-refractivity contribution is 0.345. The van der Waals surface area contributed by atoms with Crippen molar-refractivity contribution >= 4 is 11.3 Å². The highest BCUT2D eigenvalue weighted by molar-refractivity contribution is 7.09. The van der Waals surface area contributed by atoms with Gasteiger partial charge in [0, 0.05) is 29.7 Å². The van der Waals surface area contributed by atoms with Gasteiger partial charge in [-0.3, -0.25) is 4.98 Å². The van der Waals surface area contributed by atoms with Gasteiger partial charge >= 0.3 is 0 Å². The van der Waals surface area contributed by atoms with Gasteiger partial charge in [0.1, 0.15) is 0 Å². The first-order valence-electron chi connectivity index (χ1n) is 6.19. The summed E-state index contributed by atoms with van der Waals surface area (Å²) in [5, 5.41) is 7.16. The van der Waals surface area contributed by atoms with Gasteiger partial charge in [-0.05, 0) is 32.7 Å². The predicted octanol–water partition coefficient (Wildman–Crippen LogP) is 2.15. The molecule has 0 radical (unpaired) electrons. The van der Waals surface area contributed by atoms with E-state index in [-0.39, 0.29) is 0 Å². The van der Waals surface area contributed by atoms with Crippen LogP contribution < -0.4 is 10.6 Å². The van der Waals surface area contributed by atoms with Gasteiger partial charge in [-0.15, -0.1) is 11.3 Å². The minimum absolute atomic E-state index is 0.581. The number of piperidine rings is 1. The van der Waals surface area contributed by atoms with Crippen LogP contribution in [0.2, 0.25) is 0 Å². The van der Waals surface area contributed by atoms with Crippen LogP contribution in [-0.2, 0) is 6.54 Å². The third kappa shape index (κ3) is 3.85. The Labute approximate surface area is 102 Å². The van der Waals surface area contributed by atoms with E-state index in [0.29, 0.717) is 6.04 Å². The molecule has 2 heterocycles. The van der Waals surface area contributed by atoms with E-state index >= 15 is 0 Å². The molecule has 1 fully saturated rings. The highest BCUT2D eigenvalue weighted by Gasteiger charge is 2.15. The molecule has 2 N–H and O–H groups in total. The van der Waals surface area contributed by atoms with Crippen LogP contribution in [0.5, 0.6) is 0 Å². The summed E-state index contributed by atoms with van der Waals surface area (Å²) in [6, 6.07) is 1.30. The summed E-state index contributed by atoms with van der Waals surface area (Å²) in [6.45, 7) is 4.43. The minimum atomic E-state index is 0.581. The summed E-state index contributed by atoms with van der Waals surface area (Å²) in [7, 11) is 0. The zero-order chi connectivity index (χ0) is 11.2. The number of nitrogens with zero attached hydrogens (tertiary/aromatic N) is 1. The average Bonchev–Trinajstić information content (AvgIpc) is 2.81. The van der Waals surface area contributed by atoms with Crippen LogP contribution in [0.15, 0.2) is 11.7 Å². The minimum Gasteiger partial charge on any atom is -0.314 e. The Balaban J connectivity index is 1.65. The van der Waals surface area contributed by atoms with Gasteiger partial charge in [0.25, 0.3) is 0 Å². The quantitative estimate of drug-likeness (QED) is 0.827. The van der Waals surface area contributed by atoms with E-state index in [1.807, 2.05) is 11.7 Å². The molecule has 2 unspecified atom stereocenters. The van der Waals surface area contributed by atoms with Gasteiger partial charge in [-0.2, -0.15) is 0 Å². The molecule has 16 heavy (non-hydrogen) atoms. The van der Waals surface area contributed by atoms with Gasteiger partial charge in [-0.1, -0.05) is 6.42 Å². The summed E-state index contributed by atoms with van der Waals surface area (Å²) < 4.78 is 0. The molecule has 0 saturated carbocycles. The second kappa shape index (κ2) is 6.33. The number of hydrogen-bond donors (Lipinski definition) is 2. The summed E-state index contributed by atoms with van der Waals surface area (Å²) in [5.41, 5.74) is 1.89. The van der Waals surface area contributed by atoms with Gasteiger partial charge < -0.3 is 10.6 Å². The van der Waals surface area contributed by atoms with Crippen LogP contribution >= 0.6 is 11.3 Å². The fourth-order valence-electron chi connectivity index (χ4n) is 2.24. The van der Waals surface area contributed by atoms with Crippen molar-refractivity contribution in [1.29, 1.82) is 0 Å². The van der Waals surface area contributed by atoms with Crippen LogP contribution in [0.1, 0.15) is 37.5 Å². The molecule has 1 aliphatic rings. The van der Waals surface area contributed by atoms with Crippen molar-refractivity contribution in [2.24, 2.45) is 0 Å². The number of rotatable bonds is 5. The maximum Gasteiger partial charge on any atom is 0.0794 e. The van der Waals surface area contributed by atoms with E-state index in [4.69, 9.17) is 0 Å². The molecule has 1 aromatic heterocycles. The largest absolute Gasteiger partial charge is 0.314 e. The summed E-state index contributed by atoms with van der Waals surface area (Å²) >= 11 is 1.72. The van der Waals surface area contributed by atoms with Crippen molar-refractivity contribution in [2.45, 2.75) is 51.2 Å². The Morgan fingerprint density at radius 3 is 3.25 bits per heavy atom. The van der Waals surface area contributed by atoms with Crippen LogP contribution in [-0.4, -0.2) is 23.6 Å². The first-order valence-corrected chi connectivity index (χ1v) is 7.06. The Bertz CT molecular complexity index is 280. The first kappa shape index (κ1) is 12.0. The molecule has 4 heteroatoms. The molecule has 0 bridgehead atoms. The number of nitrogens with one attached hydrogen (secondary N) is 2. The van der Waals surface area contributed by atoms with Crippen LogP contribution in [0, 0.1) is 0 Å². The molecule has 90 valence electrons. The molecule has 0 amide bonds. The molecule has 0 spiro atoms. The lowest BCUT2D eigenvalue weighted by Crippen LogP contribution is -2.39. The molecule has 2 atom stereocenters. The van der Waals surface area contributed by atoms with Crippen molar-refractivity contribution in [3.8, 4) is 0 Å². The molecule has 1 aromatic rings. The van der Waals surface area contributed by atoms with Crippen LogP contribution in [0.25, 0.3) is 0 Å². The van der Waals surface area contributed by atoms with Crippen molar-refractivity contribution < 1.29 is 0 Å². The second-order valence-electron chi connectivity index (χ2n) is 4.63.